The van der Waals surface area contributed by atoms with Crippen molar-refractivity contribution in [3.63, 3.8) is 0 Å². The smallest absolute Gasteiger partial charge is 0.323 e. The van der Waals surface area contributed by atoms with E-state index in [4.69, 9.17) is 4.74 Å². The van der Waals surface area contributed by atoms with Crippen molar-refractivity contribution in [2.75, 3.05) is 13.2 Å². The number of aliphatic carboxylic acids is 1. The second-order valence-electron chi connectivity index (χ2n) is 4.93. The van der Waals surface area contributed by atoms with E-state index in [0.717, 1.165) is 12.8 Å². The molecule has 0 fully saturated rings. The number of rotatable bonds is 9. The molecule has 1 unspecified atom stereocenters. The molecule has 2 N–H and O–H groups in total. The Balaban J connectivity index is 2.29. The standard InChI is InChI=1S/C15H22FNO3/c1-3-17-15(2,14(18)19)9-4-5-10-20-13-8-6-7-12(16)11-13/h6-8,11,17H,3-5,9-10H2,1-2H3,(H,18,19). The van der Waals surface area contributed by atoms with E-state index in [2.05, 4.69) is 5.32 Å². The summed E-state index contributed by atoms with van der Waals surface area (Å²) in [4.78, 5) is 11.2. The topological polar surface area (TPSA) is 58.6 Å². The lowest BCUT2D eigenvalue weighted by atomic mass is 9.95. The molecule has 1 rings (SSSR count). The van der Waals surface area contributed by atoms with Crippen molar-refractivity contribution in [1.29, 1.82) is 0 Å². The van der Waals surface area contributed by atoms with E-state index in [1.807, 2.05) is 6.92 Å². The van der Waals surface area contributed by atoms with E-state index in [9.17, 15) is 14.3 Å². The normalized spacial score (nSPS) is 13.8. The van der Waals surface area contributed by atoms with Gasteiger partial charge in [0.1, 0.15) is 17.1 Å². The van der Waals surface area contributed by atoms with Crippen LogP contribution in [0.2, 0.25) is 0 Å². The van der Waals surface area contributed by atoms with Crippen LogP contribution in [0, 0.1) is 5.82 Å². The first kappa shape index (κ1) is 16.4. The van der Waals surface area contributed by atoms with Gasteiger partial charge in [0.05, 0.1) is 6.61 Å². The number of carbonyl (C=O) groups is 1. The molecular weight excluding hydrogens is 261 g/mol. The molecule has 0 heterocycles. The number of likely N-dealkylation sites (N-methyl/N-ethyl adjacent to an activating group) is 1. The lowest BCUT2D eigenvalue weighted by Gasteiger charge is -2.25. The monoisotopic (exact) mass is 283 g/mol. The molecular formula is C15H22FNO3. The fourth-order valence-corrected chi connectivity index (χ4v) is 1.99. The van der Waals surface area contributed by atoms with Crippen LogP contribution in [0.1, 0.15) is 33.1 Å². The molecule has 1 aromatic carbocycles. The van der Waals surface area contributed by atoms with E-state index in [0.29, 0.717) is 25.3 Å². The van der Waals surface area contributed by atoms with Crippen LogP contribution >= 0.6 is 0 Å². The number of unbranched alkanes of at least 4 members (excludes halogenated alkanes) is 1. The molecule has 0 saturated carbocycles. The third kappa shape index (κ3) is 5.17. The van der Waals surface area contributed by atoms with Gasteiger partial charge in [-0.1, -0.05) is 13.0 Å². The van der Waals surface area contributed by atoms with Gasteiger partial charge in [0.25, 0.3) is 0 Å². The first-order valence-corrected chi connectivity index (χ1v) is 6.85. The second kappa shape index (κ2) is 7.85. The maximum atomic E-state index is 12.9. The highest BCUT2D eigenvalue weighted by molar-refractivity contribution is 5.78. The van der Waals surface area contributed by atoms with Crippen molar-refractivity contribution >= 4 is 5.97 Å². The molecule has 4 nitrogen and oxygen atoms in total. The summed E-state index contributed by atoms with van der Waals surface area (Å²) in [6.45, 7) is 4.63. The Kier molecular flexibility index (Phi) is 6.45. The molecule has 0 aliphatic carbocycles. The number of carboxylic acid groups (broad SMARTS) is 1. The van der Waals surface area contributed by atoms with Gasteiger partial charge in [-0.15, -0.1) is 0 Å². The minimum absolute atomic E-state index is 0.326. The molecule has 0 saturated heterocycles. The lowest BCUT2D eigenvalue weighted by Crippen LogP contribution is -2.49. The van der Waals surface area contributed by atoms with E-state index in [1.54, 1.807) is 19.1 Å². The van der Waals surface area contributed by atoms with Gasteiger partial charge >= 0.3 is 5.97 Å². The molecule has 20 heavy (non-hydrogen) atoms. The predicted octanol–water partition coefficient (Wildman–Crippen LogP) is 2.83. The summed E-state index contributed by atoms with van der Waals surface area (Å²) in [5, 5.41) is 12.2. The van der Waals surface area contributed by atoms with E-state index in [1.165, 1.54) is 12.1 Å². The number of benzene rings is 1. The molecule has 1 atom stereocenters. The molecule has 0 aliphatic heterocycles. The van der Waals surface area contributed by atoms with Crippen molar-refractivity contribution in [2.45, 2.75) is 38.6 Å². The zero-order valence-corrected chi connectivity index (χ0v) is 12.0. The molecule has 1 aromatic rings. The van der Waals surface area contributed by atoms with Crippen LogP contribution in [0.5, 0.6) is 5.75 Å². The van der Waals surface area contributed by atoms with Gasteiger partial charge < -0.3 is 15.2 Å². The SMILES string of the molecule is CCNC(C)(CCCCOc1cccc(F)c1)C(=O)O. The Bertz CT molecular complexity index is 439. The summed E-state index contributed by atoms with van der Waals surface area (Å²) in [5.41, 5.74) is -0.895. The zero-order chi connectivity index (χ0) is 15.0. The maximum Gasteiger partial charge on any atom is 0.323 e. The first-order chi connectivity index (χ1) is 9.48. The number of ether oxygens (including phenoxy) is 1. The largest absolute Gasteiger partial charge is 0.493 e. The Morgan fingerprint density at radius 3 is 2.80 bits per heavy atom. The molecule has 0 aliphatic rings. The summed E-state index contributed by atoms with van der Waals surface area (Å²) in [6.07, 6.45) is 1.98. The fraction of sp³-hybridized carbons (Fsp3) is 0.533. The summed E-state index contributed by atoms with van der Waals surface area (Å²) in [7, 11) is 0. The van der Waals surface area contributed by atoms with Gasteiger partial charge in [-0.3, -0.25) is 4.79 Å². The van der Waals surface area contributed by atoms with E-state index < -0.39 is 11.5 Å². The number of hydrogen-bond donors (Lipinski definition) is 2. The maximum absolute atomic E-state index is 12.9. The van der Waals surface area contributed by atoms with Crippen molar-refractivity contribution in [3.8, 4) is 5.75 Å². The highest BCUT2D eigenvalue weighted by Crippen LogP contribution is 2.16. The summed E-state index contributed by atoms with van der Waals surface area (Å²) >= 11 is 0. The van der Waals surface area contributed by atoms with Crippen molar-refractivity contribution < 1.29 is 19.0 Å². The van der Waals surface area contributed by atoms with E-state index in [-0.39, 0.29) is 5.82 Å². The Morgan fingerprint density at radius 2 is 2.20 bits per heavy atom. The number of halogens is 1. The van der Waals surface area contributed by atoms with Gasteiger partial charge in [-0.05, 0) is 44.9 Å². The van der Waals surface area contributed by atoms with Crippen LogP contribution in [0.15, 0.2) is 24.3 Å². The number of nitrogens with one attached hydrogen (secondary N) is 1. The lowest BCUT2D eigenvalue weighted by molar-refractivity contribution is -0.144. The molecule has 5 heteroatoms. The Labute approximate surface area is 119 Å². The molecule has 0 aromatic heterocycles. The third-order valence-corrected chi connectivity index (χ3v) is 3.17. The van der Waals surface area contributed by atoms with Crippen molar-refractivity contribution in [2.24, 2.45) is 0 Å². The summed E-state index contributed by atoms with van der Waals surface area (Å²) in [6, 6.07) is 5.99. The fourth-order valence-electron chi connectivity index (χ4n) is 1.99. The van der Waals surface area contributed by atoms with Crippen LogP contribution in [-0.2, 0) is 4.79 Å². The van der Waals surface area contributed by atoms with Crippen LogP contribution in [0.4, 0.5) is 4.39 Å². The van der Waals surface area contributed by atoms with Gasteiger partial charge in [-0.25, -0.2) is 4.39 Å². The second-order valence-corrected chi connectivity index (χ2v) is 4.93. The van der Waals surface area contributed by atoms with Crippen molar-refractivity contribution in [1.82, 2.24) is 5.32 Å². The van der Waals surface area contributed by atoms with Crippen LogP contribution in [0.25, 0.3) is 0 Å². The summed E-state index contributed by atoms with van der Waals surface area (Å²) < 4.78 is 18.3. The zero-order valence-electron chi connectivity index (χ0n) is 12.0. The van der Waals surface area contributed by atoms with Crippen LogP contribution in [0.3, 0.4) is 0 Å². The average molecular weight is 283 g/mol. The molecule has 0 amide bonds. The highest BCUT2D eigenvalue weighted by atomic mass is 19.1. The quantitative estimate of drug-likeness (QED) is 0.684. The Morgan fingerprint density at radius 1 is 1.45 bits per heavy atom. The van der Waals surface area contributed by atoms with Gasteiger partial charge in [0.2, 0.25) is 0 Å². The summed E-state index contributed by atoms with van der Waals surface area (Å²) in [5.74, 6) is -0.670. The highest BCUT2D eigenvalue weighted by Gasteiger charge is 2.30. The molecule has 0 spiro atoms. The van der Waals surface area contributed by atoms with Gasteiger partial charge in [-0.2, -0.15) is 0 Å². The minimum Gasteiger partial charge on any atom is -0.493 e. The van der Waals surface area contributed by atoms with Gasteiger partial charge in [0.15, 0.2) is 0 Å². The van der Waals surface area contributed by atoms with Gasteiger partial charge in [0, 0.05) is 6.07 Å². The number of carboxylic acids is 1. The third-order valence-electron chi connectivity index (χ3n) is 3.17. The Hall–Kier alpha value is -1.62. The first-order valence-electron chi connectivity index (χ1n) is 6.85. The average Bonchev–Trinajstić information content (AvgIpc) is 2.38. The van der Waals surface area contributed by atoms with E-state index >= 15 is 0 Å². The molecule has 0 radical (unpaired) electrons. The minimum atomic E-state index is -0.895. The molecule has 0 bridgehead atoms. The van der Waals surface area contributed by atoms with Crippen LogP contribution < -0.4 is 10.1 Å². The predicted molar refractivity (Wildman–Crippen MR) is 75.5 cm³/mol. The van der Waals surface area contributed by atoms with Crippen LogP contribution in [-0.4, -0.2) is 29.8 Å². The number of hydrogen-bond acceptors (Lipinski definition) is 3. The van der Waals surface area contributed by atoms with Crippen molar-refractivity contribution in [3.05, 3.63) is 30.1 Å². The molecule has 112 valence electrons.